The second-order valence-corrected chi connectivity index (χ2v) is 7.34. The molecule has 0 radical (unpaired) electrons. The third-order valence-corrected chi connectivity index (χ3v) is 4.59. The summed E-state index contributed by atoms with van der Waals surface area (Å²) in [6.07, 6.45) is 1.29. The van der Waals surface area contributed by atoms with Gasteiger partial charge in [-0.15, -0.1) is 0 Å². The maximum absolute atomic E-state index is 12.5. The molecular formula is C23H31NO4. The fourth-order valence-corrected chi connectivity index (χ4v) is 3.21. The van der Waals surface area contributed by atoms with Gasteiger partial charge in [-0.1, -0.05) is 38.1 Å². The van der Waals surface area contributed by atoms with Gasteiger partial charge in [0.15, 0.2) is 11.5 Å². The van der Waals surface area contributed by atoms with Crippen LogP contribution in [-0.4, -0.2) is 27.2 Å². The summed E-state index contributed by atoms with van der Waals surface area (Å²) < 4.78 is 16.0. The minimum atomic E-state index is -0.0670. The monoisotopic (exact) mass is 385 g/mol. The van der Waals surface area contributed by atoms with E-state index < -0.39 is 0 Å². The average Bonchev–Trinajstić information content (AvgIpc) is 2.66. The van der Waals surface area contributed by atoms with Crippen molar-refractivity contribution in [3.63, 3.8) is 0 Å². The van der Waals surface area contributed by atoms with Crippen molar-refractivity contribution in [3.8, 4) is 17.2 Å². The molecule has 5 heteroatoms. The molecular weight excluding hydrogens is 354 g/mol. The van der Waals surface area contributed by atoms with Crippen molar-refractivity contribution in [2.24, 2.45) is 5.92 Å². The van der Waals surface area contributed by atoms with Gasteiger partial charge in [-0.25, -0.2) is 0 Å². The van der Waals surface area contributed by atoms with Crippen molar-refractivity contribution in [3.05, 3.63) is 53.1 Å². The van der Waals surface area contributed by atoms with Crippen LogP contribution in [0.2, 0.25) is 0 Å². The van der Waals surface area contributed by atoms with Gasteiger partial charge in [0.1, 0.15) is 0 Å². The van der Waals surface area contributed by atoms with Gasteiger partial charge in [0, 0.05) is 0 Å². The van der Waals surface area contributed by atoms with Crippen LogP contribution in [0, 0.1) is 5.92 Å². The molecule has 2 rings (SSSR count). The molecule has 1 atom stereocenters. The van der Waals surface area contributed by atoms with E-state index in [1.54, 1.807) is 33.5 Å². The number of rotatable bonds is 9. The average molecular weight is 386 g/mol. The highest BCUT2D eigenvalue weighted by Crippen LogP contribution is 2.38. The van der Waals surface area contributed by atoms with E-state index in [0.29, 0.717) is 23.2 Å². The molecule has 0 heterocycles. The number of hydrogen-bond donors (Lipinski definition) is 1. The van der Waals surface area contributed by atoms with Crippen molar-refractivity contribution < 1.29 is 19.0 Å². The molecule has 152 valence electrons. The number of methoxy groups -OCH3 is 3. The summed E-state index contributed by atoms with van der Waals surface area (Å²) in [5.41, 5.74) is 3.20. The van der Waals surface area contributed by atoms with E-state index in [2.05, 4.69) is 43.4 Å². The minimum absolute atomic E-state index is 0.0620. The van der Waals surface area contributed by atoms with Gasteiger partial charge in [-0.3, -0.25) is 4.79 Å². The van der Waals surface area contributed by atoms with Gasteiger partial charge in [0.25, 0.3) is 0 Å². The molecule has 28 heavy (non-hydrogen) atoms. The molecule has 0 fully saturated rings. The van der Waals surface area contributed by atoms with E-state index in [4.69, 9.17) is 14.2 Å². The Balaban J connectivity index is 2.05. The predicted molar refractivity (Wildman–Crippen MR) is 111 cm³/mol. The minimum Gasteiger partial charge on any atom is -0.493 e. The van der Waals surface area contributed by atoms with Crippen molar-refractivity contribution in [2.45, 2.75) is 39.7 Å². The molecule has 0 aliphatic carbocycles. The molecule has 1 N–H and O–H groups in total. The Morgan fingerprint density at radius 1 is 0.893 bits per heavy atom. The third kappa shape index (κ3) is 5.65. The van der Waals surface area contributed by atoms with Crippen LogP contribution in [-0.2, 0) is 17.6 Å². The van der Waals surface area contributed by atoms with Gasteiger partial charge >= 0.3 is 0 Å². The van der Waals surface area contributed by atoms with Gasteiger partial charge in [0.05, 0.1) is 33.8 Å². The Morgan fingerprint density at radius 2 is 1.46 bits per heavy atom. The number of carbonyl (C=O) groups is 1. The van der Waals surface area contributed by atoms with Crippen LogP contribution in [0.1, 0.15) is 43.5 Å². The van der Waals surface area contributed by atoms with Crippen molar-refractivity contribution in [2.75, 3.05) is 21.3 Å². The molecule has 5 nitrogen and oxygen atoms in total. The quantitative estimate of drug-likeness (QED) is 0.698. The lowest BCUT2D eigenvalue weighted by atomic mass is 10.00. The van der Waals surface area contributed by atoms with Crippen LogP contribution in [0.25, 0.3) is 0 Å². The lowest BCUT2D eigenvalue weighted by Crippen LogP contribution is -2.28. The second-order valence-electron chi connectivity index (χ2n) is 7.34. The Bertz CT molecular complexity index is 759. The molecule has 0 bridgehead atoms. The molecule has 1 amide bonds. The number of ether oxygens (including phenoxy) is 3. The van der Waals surface area contributed by atoms with E-state index in [9.17, 15) is 4.79 Å². The Hall–Kier alpha value is -2.69. The maximum Gasteiger partial charge on any atom is 0.224 e. The first-order chi connectivity index (χ1) is 13.4. The van der Waals surface area contributed by atoms with E-state index in [1.807, 2.05) is 6.92 Å². The highest BCUT2D eigenvalue weighted by Gasteiger charge is 2.16. The Morgan fingerprint density at radius 3 is 1.93 bits per heavy atom. The lowest BCUT2D eigenvalue weighted by Gasteiger charge is -2.17. The number of benzene rings is 2. The molecule has 0 spiro atoms. The van der Waals surface area contributed by atoms with Crippen molar-refractivity contribution in [1.82, 2.24) is 5.32 Å². The summed E-state index contributed by atoms with van der Waals surface area (Å²) in [6, 6.07) is 12.0. The third-order valence-electron chi connectivity index (χ3n) is 4.59. The van der Waals surface area contributed by atoms with Crippen LogP contribution in [0.5, 0.6) is 17.2 Å². The Kier molecular flexibility index (Phi) is 7.73. The van der Waals surface area contributed by atoms with E-state index in [-0.39, 0.29) is 18.4 Å². The fourth-order valence-electron chi connectivity index (χ4n) is 3.21. The molecule has 0 aliphatic rings. The largest absolute Gasteiger partial charge is 0.493 e. The van der Waals surface area contributed by atoms with E-state index in [1.165, 1.54) is 5.56 Å². The van der Waals surface area contributed by atoms with Gasteiger partial charge in [-0.2, -0.15) is 0 Å². The van der Waals surface area contributed by atoms with Crippen LogP contribution < -0.4 is 19.5 Å². The summed E-state index contributed by atoms with van der Waals surface area (Å²) in [5.74, 6) is 2.16. The topological polar surface area (TPSA) is 56.8 Å². The summed E-state index contributed by atoms with van der Waals surface area (Å²) >= 11 is 0. The number of nitrogens with one attached hydrogen (secondary N) is 1. The smallest absolute Gasteiger partial charge is 0.224 e. The molecule has 0 aromatic heterocycles. The first-order valence-electron chi connectivity index (χ1n) is 9.55. The number of hydrogen-bond acceptors (Lipinski definition) is 4. The SMILES string of the molecule is COc1cc(CC(=O)N[C@@H](C)c2ccc(CC(C)C)cc2)cc(OC)c1OC. The molecule has 0 saturated carbocycles. The van der Waals surface area contributed by atoms with Crippen molar-refractivity contribution in [1.29, 1.82) is 0 Å². The van der Waals surface area contributed by atoms with Gasteiger partial charge in [-0.05, 0) is 48.1 Å². The maximum atomic E-state index is 12.5. The zero-order valence-electron chi connectivity index (χ0n) is 17.7. The van der Waals surface area contributed by atoms with E-state index >= 15 is 0 Å². The molecule has 2 aromatic rings. The standard InChI is InChI=1S/C23H31NO4/c1-15(2)11-17-7-9-19(10-8-17)16(3)24-22(25)14-18-12-20(26-4)23(28-6)21(13-18)27-5/h7-10,12-13,15-16H,11,14H2,1-6H3,(H,24,25)/t16-/m0/s1. The molecule has 0 saturated heterocycles. The molecule has 2 aromatic carbocycles. The normalized spacial score (nSPS) is 11.8. The van der Waals surface area contributed by atoms with Crippen LogP contribution in [0.4, 0.5) is 0 Å². The highest BCUT2D eigenvalue weighted by atomic mass is 16.5. The van der Waals surface area contributed by atoms with Crippen LogP contribution >= 0.6 is 0 Å². The summed E-state index contributed by atoms with van der Waals surface area (Å²) in [5, 5.41) is 3.06. The first kappa shape index (κ1) is 21.6. The number of amides is 1. The van der Waals surface area contributed by atoms with Crippen LogP contribution in [0.15, 0.2) is 36.4 Å². The lowest BCUT2D eigenvalue weighted by molar-refractivity contribution is -0.121. The fraction of sp³-hybridized carbons (Fsp3) is 0.435. The van der Waals surface area contributed by atoms with Crippen molar-refractivity contribution >= 4 is 5.91 Å². The molecule has 0 aliphatic heterocycles. The highest BCUT2D eigenvalue weighted by molar-refractivity contribution is 5.79. The first-order valence-corrected chi connectivity index (χ1v) is 9.55. The second kappa shape index (κ2) is 10.0. The predicted octanol–water partition coefficient (Wildman–Crippen LogP) is 4.33. The van der Waals surface area contributed by atoms with Gasteiger partial charge < -0.3 is 19.5 Å². The Labute approximate surface area is 168 Å². The summed E-state index contributed by atoms with van der Waals surface area (Å²) in [6.45, 7) is 6.41. The zero-order chi connectivity index (χ0) is 20.7. The number of carbonyl (C=O) groups excluding carboxylic acids is 1. The summed E-state index contributed by atoms with van der Waals surface area (Å²) in [7, 11) is 4.68. The van der Waals surface area contributed by atoms with E-state index in [0.717, 1.165) is 17.5 Å². The van der Waals surface area contributed by atoms with Crippen LogP contribution in [0.3, 0.4) is 0 Å². The molecule has 0 unspecified atom stereocenters. The van der Waals surface area contributed by atoms with Gasteiger partial charge in [0.2, 0.25) is 11.7 Å². The zero-order valence-corrected chi connectivity index (χ0v) is 17.7. The summed E-state index contributed by atoms with van der Waals surface area (Å²) in [4.78, 5) is 12.5.